The second-order valence-corrected chi connectivity index (χ2v) is 9.04. The standard InChI is InChI=1S/C2H2O2P4/c3-1(4)2-5-7-8-6-2/h5H,(H,3,4). The summed E-state index contributed by atoms with van der Waals surface area (Å²) in [4.78, 5) is 10.2. The minimum Gasteiger partial charge on any atom is -0.477 e. The summed E-state index contributed by atoms with van der Waals surface area (Å²) in [6, 6.07) is 0. The average Bonchev–Trinajstić information content (AvgIpc) is 2.12. The van der Waals surface area contributed by atoms with Crippen LogP contribution in [-0.4, -0.2) is 11.1 Å². The zero-order valence-corrected chi connectivity index (χ0v) is 7.38. The van der Waals surface area contributed by atoms with Crippen molar-refractivity contribution < 1.29 is 9.90 Å². The lowest BCUT2D eigenvalue weighted by Crippen LogP contribution is -1.85. The molecule has 0 aliphatic heterocycles. The number of hydrogen-bond donors (Lipinski definition) is 1. The van der Waals surface area contributed by atoms with Gasteiger partial charge in [0.1, 0.15) is 5.03 Å². The van der Waals surface area contributed by atoms with E-state index in [2.05, 4.69) is 0 Å². The predicted octanol–water partition coefficient (Wildman–Crippen LogP) is 3.16. The van der Waals surface area contributed by atoms with Crippen molar-refractivity contribution in [2.45, 2.75) is 0 Å². The third kappa shape index (κ3) is 1.51. The summed E-state index contributed by atoms with van der Waals surface area (Å²) >= 11 is 0. The van der Waals surface area contributed by atoms with Crippen LogP contribution in [0.1, 0.15) is 9.82 Å². The van der Waals surface area contributed by atoms with E-state index in [-0.39, 0.29) is 0 Å². The van der Waals surface area contributed by atoms with Gasteiger partial charge in [-0.15, -0.1) is 0 Å². The Hall–Kier alpha value is 0.540. The lowest BCUT2D eigenvalue weighted by molar-refractivity contribution is 0.0707. The van der Waals surface area contributed by atoms with E-state index in [0.717, 1.165) is 7.87 Å². The Morgan fingerprint density at radius 2 is 2.50 bits per heavy atom. The monoisotopic (exact) mass is 182 g/mol. The first-order chi connectivity index (χ1) is 3.80. The van der Waals surface area contributed by atoms with Crippen molar-refractivity contribution in [3.8, 4) is 0 Å². The fourth-order valence-electron chi connectivity index (χ4n) is 0.250. The molecule has 0 aromatic carbocycles. The quantitative estimate of drug-likeness (QED) is 0.723. The molecule has 1 aromatic rings. The molecule has 1 N–H and O–H groups in total. The Labute approximate surface area is 52.4 Å². The van der Waals surface area contributed by atoms with Crippen LogP contribution in [0, 0.1) is 0 Å². The van der Waals surface area contributed by atoms with Crippen molar-refractivity contribution in [3.63, 3.8) is 0 Å². The van der Waals surface area contributed by atoms with Gasteiger partial charge in [-0.3, -0.25) is 0 Å². The first-order valence-electron chi connectivity index (χ1n) is 1.77. The van der Waals surface area contributed by atoms with E-state index in [1.165, 1.54) is 15.1 Å². The first-order valence-corrected chi connectivity index (χ1v) is 7.71. The van der Waals surface area contributed by atoms with Crippen LogP contribution in [0.15, 0.2) is 0 Å². The van der Waals surface area contributed by atoms with Crippen LogP contribution in [0.4, 0.5) is 0 Å². The Balaban J connectivity index is 2.93. The summed E-state index contributed by atoms with van der Waals surface area (Å²) in [6.45, 7) is 0. The SMILES string of the molecule is O=C(O)c1ppp[pH]1. The molecule has 0 amide bonds. The molecule has 0 radical (unpaired) electrons. The number of carboxylic acid groups (broad SMARTS) is 1. The molecule has 0 saturated heterocycles. The van der Waals surface area contributed by atoms with Gasteiger partial charge in [-0.25, -0.2) is 4.79 Å². The molecule has 1 heterocycles. The molecule has 1 unspecified atom stereocenters. The summed E-state index contributed by atoms with van der Waals surface area (Å²) < 4.78 is 0. The van der Waals surface area contributed by atoms with E-state index >= 15 is 0 Å². The van der Waals surface area contributed by atoms with Crippen LogP contribution in [-0.2, 0) is 0 Å². The maximum Gasteiger partial charge on any atom is 0.344 e. The van der Waals surface area contributed by atoms with Crippen molar-refractivity contribution in [1.29, 1.82) is 0 Å². The highest BCUT2D eigenvalue weighted by atomic mass is 32.3. The largest absolute Gasteiger partial charge is 0.477 e. The maximum atomic E-state index is 10.2. The molecular weight excluding hydrogens is 180 g/mol. The van der Waals surface area contributed by atoms with E-state index in [9.17, 15) is 4.79 Å². The van der Waals surface area contributed by atoms with Crippen molar-refractivity contribution in [3.05, 3.63) is 5.03 Å². The van der Waals surface area contributed by atoms with E-state index in [4.69, 9.17) is 5.11 Å². The van der Waals surface area contributed by atoms with Gasteiger partial charge < -0.3 is 5.11 Å². The van der Waals surface area contributed by atoms with Crippen LogP contribution >= 0.6 is 30.8 Å². The first kappa shape index (κ1) is 6.66. The fourth-order valence-corrected chi connectivity index (χ4v) is 11.2. The molecule has 0 saturated carbocycles. The van der Waals surface area contributed by atoms with E-state index < -0.39 is 5.97 Å². The highest BCUT2D eigenvalue weighted by molar-refractivity contribution is 8.34. The normalized spacial score (nSPS) is 13.0. The Kier molecular flexibility index (Phi) is 2.42. The lowest BCUT2D eigenvalue weighted by Gasteiger charge is -1.77. The number of carbonyl (C=O) groups is 1. The molecule has 0 bridgehead atoms. The smallest absolute Gasteiger partial charge is 0.344 e. The summed E-state index contributed by atoms with van der Waals surface area (Å²) in [6.07, 6.45) is 0. The summed E-state index contributed by atoms with van der Waals surface area (Å²) in [5, 5.41) is 9.06. The van der Waals surface area contributed by atoms with Gasteiger partial charge in [0.05, 0.1) is 0 Å². The third-order valence-electron chi connectivity index (χ3n) is 0.548. The molecular formula is C2H2O2P4. The molecule has 42 valence electrons. The zero-order chi connectivity index (χ0) is 5.98. The van der Waals surface area contributed by atoms with Crippen molar-refractivity contribution in [2.24, 2.45) is 0 Å². The van der Waals surface area contributed by atoms with Crippen LogP contribution in [0.2, 0.25) is 0 Å². The van der Waals surface area contributed by atoms with Crippen LogP contribution < -0.4 is 0 Å². The summed E-state index contributed by atoms with van der Waals surface area (Å²) in [7, 11) is 4.05. The number of aromatic carboxylic acids is 1. The molecule has 1 atom stereocenters. The Bertz CT molecular complexity index is 180. The van der Waals surface area contributed by atoms with Crippen LogP contribution in [0.5, 0.6) is 0 Å². The van der Waals surface area contributed by atoms with Gasteiger partial charge in [-0.1, -0.05) is 7.87 Å². The van der Waals surface area contributed by atoms with Gasteiger partial charge >= 0.3 is 5.97 Å². The Morgan fingerprint density at radius 1 is 1.75 bits per heavy atom. The molecule has 8 heavy (non-hydrogen) atoms. The maximum absolute atomic E-state index is 10.2. The van der Waals surface area contributed by atoms with Gasteiger partial charge in [0.25, 0.3) is 0 Å². The molecule has 0 fully saturated rings. The third-order valence-corrected chi connectivity index (χ3v) is 10.4. The van der Waals surface area contributed by atoms with Gasteiger partial charge in [0.2, 0.25) is 0 Å². The van der Waals surface area contributed by atoms with Gasteiger partial charge in [0, 0.05) is 0 Å². The fraction of sp³-hybridized carbons (Fsp3) is 0. The average molecular weight is 182 g/mol. The molecule has 0 aliphatic rings. The highest BCUT2D eigenvalue weighted by Gasteiger charge is 2.00. The van der Waals surface area contributed by atoms with E-state index in [1.807, 2.05) is 0 Å². The lowest BCUT2D eigenvalue weighted by atomic mass is 10.8. The number of rotatable bonds is 1. The van der Waals surface area contributed by atoms with Crippen molar-refractivity contribution in [1.82, 2.24) is 0 Å². The minimum atomic E-state index is -0.706. The van der Waals surface area contributed by atoms with Crippen molar-refractivity contribution in [2.75, 3.05) is 0 Å². The van der Waals surface area contributed by atoms with Crippen LogP contribution in [0.25, 0.3) is 0 Å². The second kappa shape index (κ2) is 2.90. The second-order valence-electron chi connectivity index (χ2n) is 1.06. The van der Waals surface area contributed by atoms with Gasteiger partial charge in [-0.2, -0.15) is 0 Å². The van der Waals surface area contributed by atoms with Gasteiger partial charge in [0.15, 0.2) is 0 Å². The predicted molar refractivity (Wildman–Crippen MR) is 40.4 cm³/mol. The van der Waals surface area contributed by atoms with Gasteiger partial charge in [-0.05, 0) is 23.0 Å². The van der Waals surface area contributed by atoms with E-state index in [1.54, 1.807) is 0 Å². The number of carboxylic acids is 1. The summed E-state index contributed by atoms with van der Waals surface area (Å²) in [5.74, 6) is -0.706. The molecule has 0 aliphatic carbocycles. The molecule has 1 rings (SSSR count). The van der Waals surface area contributed by atoms with Crippen LogP contribution in [0.3, 0.4) is 0 Å². The Morgan fingerprint density at radius 3 is 2.75 bits per heavy atom. The molecule has 1 aromatic heterocycles. The summed E-state index contributed by atoms with van der Waals surface area (Å²) in [5.41, 5.74) is 0. The highest BCUT2D eigenvalue weighted by Crippen LogP contribution is 2.45. The molecule has 0 spiro atoms. The molecule has 2 nitrogen and oxygen atoms in total. The zero-order valence-electron chi connectivity index (χ0n) is 3.70. The van der Waals surface area contributed by atoms with E-state index in [0.29, 0.717) is 12.9 Å². The topological polar surface area (TPSA) is 37.3 Å². The molecule has 6 heteroatoms. The minimum absolute atomic E-state index is 0.545. The number of hydrogen-bond acceptors (Lipinski definition) is 1. The van der Waals surface area contributed by atoms with Crippen molar-refractivity contribution >= 4 is 36.8 Å².